The molecule has 0 atom stereocenters. The summed E-state index contributed by atoms with van der Waals surface area (Å²) in [5.41, 5.74) is 1.15. The summed E-state index contributed by atoms with van der Waals surface area (Å²) in [7, 11) is 0. The van der Waals surface area contributed by atoms with Crippen LogP contribution in [0.2, 0.25) is 15.1 Å². The van der Waals surface area contributed by atoms with Gasteiger partial charge in [-0.15, -0.1) is 0 Å². The van der Waals surface area contributed by atoms with Crippen LogP contribution in [0.15, 0.2) is 36.7 Å². The van der Waals surface area contributed by atoms with Gasteiger partial charge in [0.2, 0.25) is 0 Å². The molecule has 0 fully saturated rings. The number of hydrogen-bond acceptors (Lipinski definition) is 3. The SMILES string of the molecule is O=C(Nc1nn(Cc2ccc(Cl)cc2)cc1Cl)c1[nH]ncc1Cl. The number of aromatic nitrogens is 4. The number of amides is 1. The molecule has 0 radical (unpaired) electrons. The second-order valence-corrected chi connectivity index (χ2v) is 5.95. The number of carbonyl (C=O) groups excluding carboxylic acids is 1. The van der Waals surface area contributed by atoms with Crippen LogP contribution < -0.4 is 5.32 Å². The van der Waals surface area contributed by atoms with Gasteiger partial charge in [0.15, 0.2) is 5.82 Å². The van der Waals surface area contributed by atoms with Crippen molar-refractivity contribution in [1.82, 2.24) is 20.0 Å². The third-order valence-electron chi connectivity index (χ3n) is 3.03. The highest BCUT2D eigenvalue weighted by Crippen LogP contribution is 2.22. The molecule has 1 aromatic carbocycles. The Hall–Kier alpha value is -2.02. The van der Waals surface area contributed by atoms with E-state index in [9.17, 15) is 4.79 Å². The first-order chi connectivity index (χ1) is 11.0. The molecular weight excluding hydrogens is 361 g/mol. The van der Waals surface area contributed by atoms with Crippen molar-refractivity contribution in [2.75, 3.05) is 5.32 Å². The van der Waals surface area contributed by atoms with Crippen LogP contribution in [0.3, 0.4) is 0 Å². The lowest BCUT2D eigenvalue weighted by atomic mass is 10.2. The molecule has 0 saturated carbocycles. The van der Waals surface area contributed by atoms with E-state index in [1.165, 1.54) is 6.20 Å². The second-order valence-electron chi connectivity index (χ2n) is 4.70. The van der Waals surface area contributed by atoms with Gasteiger partial charge in [0.1, 0.15) is 10.7 Å². The van der Waals surface area contributed by atoms with Crippen LogP contribution in [-0.2, 0) is 6.54 Å². The quantitative estimate of drug-likeness (QED) is 0.732. The summed E-state index contributed by atoms with van der Waals surface area (Å²) >= 11 is 17.8. The van der Waals surface area contributed by atoms with E-state index in [1.54, 1.807) is 23.0 Å². The molecule has 2 N–H and O–H groups in total. The normalized spacial score (nSPS) is 10.7. The zero-order valence-electron chi connectivity index (χ0n) is 11.6. The molecule has 2 aromatic heterocycles. The molecular formula is C14H10Cl3N5O. The minimum absolute atomic E-state index is 0.148. The van der Waals surface area contributed by atoms with Crippen molar-refractivity contribution in [3.8, 4) is 0 Å². The average Bonchev–Trinajstić information content (AvgIpc) is 3.08. The fourth-order valence-electron chi connectivity index (χ4n) is 1.94. The topological polar surface area (TPSA) is 75.6 Å². The Morgan fingerprint density at radius 3 is 2.57 bits per heavy atom. The van der Waals surface area contributed by atoms with E-state index < -0.39 is 5.91 Å². The van der Waals surface area contributed by atoms with Gasteiger partial charge >= 0.3 is 0 Å². The Kier molecular flexibility index (Phi) is 4.56. The van der Waals surface area contributed by atoms with E-state index in [0.29, 0.717) is 16.6 Å². The van der Waals surface area contributed by atoms with Crippen LogP contribution in [-0.4, -0.2) is 25.9 Å². The minimum Gasteiger partial charge on any atom is -0.302 e. The summed E-state index contributed by atoms with van der Waals surface area (Å²) in [6.07, 6.45) is 2.97. The first-order valence-electron chi connectivity index (χ1n) is 6.50. The average molecular weight is 371 g/mol. The second kappa shape index (κ2) is 6.62. The van der Waals surface area contributed by atoms with Gasteiger partial charge in [0.25, 0.3) is 5.91 Å². The fourth-order valence-corrected chi connectivity index (χ4v) is 2.44. The van der Waals surface area contributed by atoms with Crippen LogP contribution in [0.1, 0.15) is 16.1 Å². The van der Waals surface area contributed by atoms with Gasteiger partial charge in [-0.3, -0.25) is 14.6 Å². The molecule has 2 heterocycles. The van der Waals surface area contributed by atoms with Crippen LogP contribution in [0, 0.1) is 0 Å². The zero-order chi connectivity index (χ0) is 16.4. The summed E-state index contributed by atoms with van der Waals surface area (Å²) in [5.74, 6) is -0.220. The summed E-state index contributed by atoms with van der Waals surface area (Å²) in [6.45, 7) is 0.498. The number of H-pyrrole nitrogens is 1. The van der Waals surface area contributed by atoms with E-state index in [2.05, 4.69) is 20.6 Å². The van der Waals surface area contributed by atoms with Gasteiger partial charge in [-0.25, -0.2) is 0 Å². The molecule has 23 heavy (non-hydrogen) atoms. The molecule has 1 amide bonds. The first kappa shape index (κ1) is 15.9. The molecule has 3 rings (SSSR count). The number of carbonyl (C=O) groups is 1. The third kappa shape index (κ3) is 3.67. The monoisotopic (exact) mass is 369 g/mol. The lowest BCUT2D eigenvalue weighted by Gasteiger charge is -2.02. The molecule has 6 nitrogen and oxygen atoms in total. The molecule has 0 unspecified atom stereocenters. The Labute approximate surface area is 146 Å². The number of halogens is 3. The summed E-state index contributed by atoms with van der Waals surface area (Å²) < 4.78 is 1.62. The van der Waals surface area contributed by atoms with Crippen LogP contribution in [0.5, 0.6) is 0 Å². The van der Waals surface area contributed by atoms with Gasteiger partial charge in [0.05, 0.1) is 17.8 Å². The third-order valence-corrected chi connectivity index (χ3v) is 3.84. The van der Waals surface area contributed by atoms with Gasteiger partial charge < -0.3 is 5.32 Å². The summed E-state index contributed by atoms with van der Waals surface area (Å²) in [6, 6.07) is 7.37. The van der Waals surface area contributed by atoms with E-state index in [0.717, 1.165) is 5.56 Å². The van der Waals surface area contributed by atoms with Gasteiger partial charge in [-0.05, 0) is 17.7 Å². The highest BCUT2D eigenvalue weighted by molar-refractivity contribution is 6.35. The lowest BCUT2D eigenvalue weighted by molar-refractivity contribution is 0.102. The fraction of sp³-hybridized carbons (Fsp3) is 0.0714. The maximum absolute atomic E-state index is 12.1. The molecule has 9 heteroatoms. The number of nitrogens with one attached hydrogen (secondary N) is 2. The molecule has 0 aliphatic heterocycles. The summed E-state index contributed by atoms with van der Waals surface area (Å²) in [5, 5.41) is 14.2. The van der Waals surface area contributed by atoms with Crippen molar-refractivity contribution in [3.63, 3.8) is 0 Å². The molecule has 3 aromatic rings. The van der Waals surface area contributed by atoms with E-state index in [-0.39, 0.29) is 16.5 Å². The van der Waals surface area contributed by atoms with Crippen LogP contribution >= 0.6 is 34.8 Å². The number of rotatable bonds is 4. The van der Waals surface area contributed by atoms with Crippen LogP contribution in [0.4, 0.5) is 5.82 Å². The summed E-state index contributed by atoms with van der Waals surface area (Å²) in [4.78, 5) is 12.1. The predicted molar refractivity (Wildman–Crippen MR) is 89.3 cm³/mol. The Bertz CT molecular complexity index is 840. The number of nitrogens with zero attached hydrogens (tertiary/aromatic N) is 3. The van der Waals surface area contributed by atoms with Gasteiger partial charge in [-0.1, -0.05) is 46.9 Å². The Morgan fingerprint density at radius 2 is 1.91 bits per heavy atom. The van der Waals surface area contributed by atoms with Crippen molar-refractivity contribution in [1.29, 1.82) is 0 Å². The molecule has 0 aliphatic rings. The predicted octanol–water partition coefficient (Wildman–Crippen LogP) is 3.87. The molecule has 0 saturated heterocycles. The van der Waals surface area contributed by atoms with Crippen molar-refractivity contribution < 1.29 is 4.79 Å². The highest BCUT2D eigenvalue weighted by atomic mass is 35.5. The standard InChI is InChI=1S/C14H10Cl3N5O/c15-9-3-1-8(2-4-9)6-22-7-11(17)13(21-22)19-14(23)12-10(16)5-18-20-12/h1-5,7H,6H2,(H,18,20)(H,19,21,23). The van der Waals surface area contributed by atoms with E-state index >= 15 is 0 Å². The molecule has 118 valence electrons. The van der Waals surface area contributed by atoms with Crippen molar-refractivity contribution in [2.24, 2.45) is 0 Å². The van der Waals surface area contributed by atoms with E-state index in [1.807, 2.05) is 12.1 Å². The maximum atomic E-state index is 12.1. The largest absolute Gasteiger partial charge is 0.302 e. The first-order valence-corrected chi connectivity index (χ1v) is 7.64. The minimum atomic E-state index is -0.467. The van der Waals surface area contributed by atoms with Crippen molar-refractivity contribution >= 4 is 46.5 Å². The number of aromatic amines is 1. The van der Waals surface area contributed by atoms with Gasteiger partial charge in [-0.2, -0.15) is 10.2 Å². The molecule has 0 bridgehead atoms. The smallest absolute Gasteiger partial charge is 0.276 e. The van der Waals surface area contributed by atoms with Gasteiger partial charge in [0, 0.05) is 11.2 Å². The van der Waals surface area contributed by atoms with E-state index in [4.69, 9.17) is 34.8 Å². The Balaban J connectivity index is 1.74. The van der Waals surface area contributed by atoms with Crippen LogP contribution in [0.25, 0.3) is 0 Å². The number of hydrogen-bond donors (Lipinski definition) is 2. The maximum Gasteiger partial charge on any atom is 0.276 e. The van der Waals surface area contributed by atoms with Crippen molar-refractivity contribution in [3.05, 3.63) is 63.0 Å². The lowest BCUT2D eigenvalue weighted by Crippen LogP contribution is -2.14. The molecule has 0 aliphatic carbocycles. The highest BCUT2D eigenvalue weighted by Gasteiger charge is 2.16. The number of benzene rings is 1. The Morgan fingerprint density at radius 1 is 1.17 bits per heavy atom. The van der Waals surface area contributed by atoms with Crippen molar-refractivity contribution in [2.45, 2.75) is 6.54 Å². The zero-order valence-corrected chi connectivity index (χ0v) is 13.8. The number of anilines is 1. The molecule has 0 spiro atoms.